The van der Waals surface area contributed by atoms with Gasteiger partial charge in [0.15, 0.2) is 0 Å². The Balaban J connectivity index is 1.50. The molecule has 118 valence electrons. The minimum atomic E-state index is 0.104. The summed E-state index contributed by atoms with van der Waals surface area (Å²) >= 11 is 0. The summed E-state index contributed by atoms with van der Waals surface area (Å²) in [6.07, 6.45) is 8.39. The Hall–Kier alpha value is -1.31. The normalized spacial score (nSPS) is 37.1. The molecule has 2 nitrogen and oxygen atoms in total. The number of hydrogen-bond acceptors (Lipinski definition) is 1. The predicted molar refractivity (Wildman–Crippen MR) is 88.7 cm³/mol. The third-order valence-electron chi connectivity index (χ3n) is 6.63. The van der Waals surface area contributed by atoms with Gasteiger partial charge in [0.05, 0.1) is 0 Å². The van der Waals surface area contributed by atoms with Gasteiger partial charge >= 0.3 is 0 Å². The van der Waals surface area contributed by atoms with Gasteiger partial charge in [0.1, 0.15) is 0 Å². The first-order chi connectivity index (χ1) is 10.5. The summed E-state index contributed by atoms with van der Waals surface area (Å²) in [6.45, 7) is 4.29. The van der Waals surface area contributed by atoms with E-state index in [1.54, 1.807) is 0 Å². The van der Waals surface area contributed by atoms with Crippen LogP contribution in [0.5, 0.6) is 0 Å². The number of amides is 1. The molecule has 1 atom stereocenters. The molecule has 1 amide bonds. The van der Waals surface area contributed by atoms with Crippen LogP contribution >= 0.6 is 0 Å². The lowest BCUT2D eigenvalue weighted by Gasteiger charge is -2.59. The second kappa shape index (κ2) is 5.11. The first kappa shape index (κ1) is 14.3. The Bertz CT molecular complexity index is 556. The molecule has 22 heavy (non-hydrogen) atoms. The molecule has 4 aliphatic rings. The van der Waals surface area contributed by atoms with Crippen LogP contribution in [0.15, 0.2) is 24.3 Å². The van der Waals surface area contributed by atoms with Crippen molar-refractivity contribution in [1.29, 1.82) is 0 Å². The molecule has 0 saturated heterocycles. The van der Waals surface area contributed by atoms with E-state index in [0.717, 1.165) is 28.9 Å². The lowest BCUT2D eigenvalue weighted by molar-refractivity contribution is -0.0688. The Morgan fingerprint density at radius 3 is 2.27 bits per heavy atom. The number of benzene rings is 1. The first-order valence-corrected chi connectivity index (χ1v) is 8.92. The monoisotopic (exact) mass is 297 g/mol. The van der Waals surface area contributed by atoms with Crippen LogP contribution in [-0.2, 0) is 0 Å². The highest BCUT2D eigenvalue weighted by atomic mass is 16.1. The van der Waals surface area contributed by atoms with Crippen LogP contribution in [-0.4, -0.2) is 11.9 Å². The molecule has 4 fully saturated rings. The Morgan fingerprint density at radius 2 is 1.73 bits per heavy atom. The van der Waals surface area contributed by atoms with Gasteiger partial charge in [0.2, 0.25) is 0 Å². The van der Waals surface area contributed by atoms with Crippen molar-refractivity contribution < 1.29 is 4.79 Å². The summed E-state index contributed by atoms with van der Waals surface area (Å²) in [6, 6.07) is 8.23. The molecule has 4 aliphatic carbocycles. The number of carbonyl (C=O) groups is 1. The van der Waals surface area contributed by atoms with Gasteiger partial charge in [-0.2, -0.15) is 0 Å². The van der Waals surface area contributed by atoms with Crippen molar-refractivity contribution in [2.75, 3.05) is 0 Å². The van der Waals surface area contributed by atoms with Crippen molar-refractivity contribution in [3.8, 4) is 0 Å². The summed E-state index contributed by atoms with van der Waals surface area (Å²) in [5, 5.41) is 3.34. The molecule has 0 aromatic heterocycles. The summed E-state index contributed by atoms with van der Waals surface area (Å²) in [7, 11) is 0. The molecular weight excluding hydrogens is 270 g/mol. The topological polar surface area (TPSA) is 29.1 Å². The van der Waals surface area contributed by atoms with Crippen molar-refractivity contribution in [3.63, 3.8) is 0 Å². The van der Waals surface area contributed by atoms with Gasteiger partial charge in [0, 0.05) is 11.6 Å². The fourth-order valence-corrected chi connectivity index (χ4v) is 5.93. The maximum Gasteiger partial charge on any atom is 0.251 e. The molecule has 0 spiro atoms. The molecule has 4 saturated carbocycles. The van der Waals surface area contributed by atoms with E-state index in [4.69, 9.17) is 0 Å². The summed E-state index contributed by atoms with van der Waals surface area (Å²) < 4.78 is 0. The second-order valence-electron chi connectivity index (χ2n) is 8.34. The first-order valence-electron chi connectivity index (χ1n) is 8.92. The van der Waals surface area contributed by atoms with Crippen LogP contribution in [0, 0.1) is 30.1 Å². The standard InChI is InChI=1S/C20H27NO/c1-13-4-3-5-18(6-13)19(22)21-14(2)20-10-15-7-16(11-20)9-17(8-15)12-20/h3-6,14-17H,7-12H2,1-2H3,(H,21,22). The lowest BCUT2D eigenvalue weighted by Crippen LogP contribution is -2.55. The van der Waals surface area contributed by atoms with Crippen molar-refractivity contribution in [2.45, 2.75) is 58.4 Å². The zero-order valence-electron chi connectivity index (χ0n) is 13.8. The van der Waals surface area contributed by atoms with Crippen molar-refractivity contribution >= 4 is 5.91 Å². The lowest BCUT2D eigenvalue weighted by atomic mass is 9.48. The van der Waals surface area contributed by atoms with E-state index in [2.05, 4.69) is 12.2 Å². The van der Waals surface area contributed by atoms with E-state index in [9.17, 15) is 4.79 Å². The van der Waals surface area contributed by atoms with E-state index >= 15 is 0 Å². The highest BCUT2D eigenvalue weighted by molar-refractivity contribution is 5.94. The molecule has 0 heterocycles. The van der Waals surface area contributed by atoms with Gasteiger partial charge < -0.3 is 5.32 Å². The minimum Gasteiger partial charge on any atom is -0.349 e. The maximum absolute atomic E-state index is 12.6. The Morgan fingerprint density at radius 1 is 1.14 bits per heavy atom. The molecule has 0 radical (unpaired) electrons. The second-order valence-corrected chi connectivity index (χ2v) is 8.34. The molecule has 1 aromatic carbocycles. The summed E-state index contributed by atoms with van der Waals surface area (Å²) in [4.78, 5) is 12.6. The molecule has 5 rings (SSSR count). The summed E-state index contributed by atoms with van der Waals surface area (Å²) in [5.74, 6) is 2.91. The largest absolute Gasteiger partial charge is 0.349 e. The van der Waals surface area contributed by atoms with Crippen LogP contribution in [0.1, 0.15) is 61.4 Å². The predicted octanol–water partition coefficient (Wildman–Crippen LogP) is 4.33. The van der Waals surface area contributed by atoms with Crippen LogP contribution in [0.25, 0.3) is 0 Å². The van der Waals surface area contributed by atoms with Gasteiger partial charge in [0.25, 0.3) is 5.91 Å². The Labute approximate surface area is 133 Å². The van der Waals surface area contributed by atoms with E-state index < -0.39 is 0 Å². The van der Waals surface area contributed by atoms with E-state index in [-0.39, 0.29) is 5.91 Å². The van der Waals surface area contributed by atoms with Crippen LogP contribution in [0.3, 0.4) is 0 Å². The zero-order valence-corrected chi connectivity index (χ0v) is 13.8. The molecule has 1 N–H and O–H groups in total. The molecule has 1 aromatic rings. The van der Waals surface area contributed by atoms with Crippen molar-refractivity contribution in [2.24, 2.45) is 23.2 Å². The summed E-state index contributed by atoms with van der Waals surface area (Å²) in [5.41, 5.74) is 2.33. The van der Waals surface area contributed by atoms with Gasteiger partial charge in [-0.25, -0.2) is 0 Å². The van der Waals surface area contributed by atoms with Crippen molar-refractivity contribution in [1.82, 2.24) is 5.32 Å². The quantitative estimate of drug-likeness (QED) is 0.884. The van der Waals surface area contributed by atoms with Crippen LogP contribution in [0.4, 0.5) is 0 Å². The SMILES string of the molecule is Cc1cccc(C(=O)NC(C)C23CC4CC(CC(C4)C2)C3)c1. The molecule has 4 bridgehead atoms. The fraction of sp³-hybridized carbons (Fsp3) is 0.650. The fourth-order valence-electron chi connectivity index (χ4n) is 5.93. The van der Waals surface area contributed by atoms with E-state index in [1.807, 2.05) is 31.2 Å². The van der Waals surface area contributed by atoms with Gasteiger partial charge in [-0.1, -0.05) is 17.7 Å². The third-order valence-corrected chi connectivity index (χ3v) is 6.63. The smallest absolute Gasteiger partial charge is 0.251 e. The van der Waals surface area contributed by atoms with Gasteiger partial charge in [-0.15, -0.1) is 0 Å². The van der Waals surface area contributed by atoms with Crippen LogP contribution in [0.2, 0.25) is 0 Å². The average molecular weight is 297 g/mol. The highest BCUT2D eigenvalue weighted by Crippen LogP contribution is 2.61. The average Bonchev–Trinajstić information content (AvgIpc) is 2.45. The number of aryl methyl sites for hydroxylation is 1. The molecule has 0 aliphatic heterocycles. The van der Waals surface area contributed by atoms with E-state index in [1.165, 1.54) is 38.5 Å². The number of nitrogens with one attached hydrogen (secondary N) is 1. The highest BCUT2D eigenvalue weighted by Gasteiger charge is 2.53. The molecular formula is C20H27NO. The van der Waals surface area contributed by atoms with Crippen molar-refractivity contribution in [3.05, 3.63) is 35.4 Å². The molecule has 1 unspecified atom stereocenters. The molecule has 2 heteroatoms. The van der Waals surface area contributed by atoms with Crippen LogP contribution < -0.4 is 5.32 Å². The number of hydrogen-bond donors (Lipinski definition) is 1. The third kappa shape index (κ3) is 2.37. The maximum atomic E-state index is 12.6. The van der Waals surface area contributed by atoms with Gasteiger partial charge in [-0.05, 0) is 87.7 Å². The number of rotatable bonds is 3. The minimum absolute atomic E-state index is 0.104. The Kier molecular flexibility index (Phi) is 3.32. The zero-order chi connectivity index (χ0) is 15.3. The van der Waals surface area contributed by atoms with Gasteiger partial charge in [-0.3, -0.25) is 4.79 Å². The van der Waals surface area contributed by atoms with E-state index in [0.29, 0.717) is 11.5 Å². The number of carbonyl (C=O) groups excluding carboxylic acids is 1.